The van der Waals surface area contributed by atoms with Crippen molar-refractivity contribution < 1.29 is 14.7 Å². The number of esters is 1. The Morgan fingerprint density at radius 1 is 1.73 bits per heavy atom. The number of hydrogen-bond donors (Lipinski definition) is 1. The monoisotopic (exact) mass is 159 g/mol. The lowest BCUT2D eigenvalue weighted by atomic mass is 10.00. The first-order chi connectivity index (χ1) is 5.24. The van der Waals surface area contributed by atoms with Crippen LogP contribution in [0, 0.1) is 5.92 Å². The highest BCUT2D eigenvalue weighted by molar-refractivity contribution is 5.72. The molecule has 1 saturated heterocycles. The summed E-state index contributed by atoms with van der Waals surface area (Å²) in [6, 6.07) is 0. The van der Waals surface area contributed by atoms with E-state index < -0.39 is 0 Å². The van der Waals surface area contributed by atoms with E-state index in [9.17, 15) is 4.79 Å². The fourth-order valence-corrected chi connectivity index (χ4v) is 1.32. The van der Waals surface area contributed by atoms with Crippen LogP contribution >= 0.6 is 0 Å². The molecule has 0 aromatic carbocycles. The van der Waals surface area contributed by atoms with E-state index in [0.717, 1.165) is 12.8 Å². The van der Waals surface area contributed by atoms with E-state index in [1.807, 2.05) is 0 Å². The number of hydroxylamine groups is 2. The fourth-order valence-electron chi connectivity index (χ4n) is 1.32. The van der Waals surface area contributed by atoms with Crippen molar-refractivity contribution in [2.24, 2.45) is 5.92 Å². The largest absolute Gasteiger partial charge is 0.469 e. The van der Waals surface area contributed by atoms with E-state index in [2.05, 4.69) is 4.74 Å². The molecule has 0 aromatic rings. The second kappa shape index (κ2) is 3.69. The minimum atomic E-state index is -0.219. The van der Waals surface area contributed by atoms with Crippen molar-refractivity contribution in [3.8, 4) is 0 Å². The Morgan fingerprint density at radius 2 is 2.45 bits per heavy atom. The molecular formula is C7H13NO3. The predicted octanol–water partition coefficient (Wildman–Crippen LogP) is 0.261. The van der Waals surface area contributed by atoms with Crippen molar-refractivity contribution >= 4 is 5.97 Å². The average molecular weight is 159 g/mol. The quantitative estimate of drug-likeness (QED) is 0.557. The van der Waals surface area contributed by atoms with E-state index in [4.69, 9.17) is 5.21 Å². The zero-order valence-corrected chi connectivity index (χ0v) is 6.62. The van der Waals surface area contributed by atoms with Crippen LogP contribution in [0.1, 0.15) is 12.8 Å². The molecule has 1 fully saturated rings. The summed E-state index contributed by atoms with van der Waals surface area (Å²) in [5.74, 6) is -0.359. The highest BCUT2D eigenvalue weighted by Gasteiger charge is 2.25. The molecule has 1 aliphatic heterocycles. The molecule has 0 unspecified atom stereocenters. The van der Waals surface area contributed by atoms with Crippen LogP contribution in [-0.4, -0.2) is 36.4 Å². The van der Waals surface area contributed by atoms with Gasteiger partial charge in [0.15, 0.2) is 0 Å². The van der Waals surface area contributed by atoms with Gasteiger partial charge in [-0.15, -0.1) is 0 Å². The molecule has 0 amide bonds. The summed E-state index contributed by atoms with van der Waals surface area (Å²) in [5.41, 5.74) is 0. The van der Waals surface area contributed by atoms with Crippen molar-refractivity contribution in [3.63, 3.8) is 0 Å². The molecule has 1 N–H and O–H groups in total. The highest BCUT2D eigenvalue weighted by atomic mass is 16.5. The summed E-state index contributed by atoms with van der Waals surface area (Å²) in [6.07, 6.45) is 1.68. The molecule has 0 aliphatic carbocycles. The third-order valence-corrected chi connectivity index (χ3v) is 1.93. The molecule has 0 saturated carbocycles. The Bertz CT molecular complexity index is 149. The van der Waals surface area contributed by atoms with Crippen LogP contribution in [-0.2, 0) is 9.53 Å². The van der Waals surface area contributed by atoms with Crippen LogP contribution in [0.3, 0.4) is 0 Å². The van der Waals surface area contributed by atoms with E-state index in [-0.39, 0.29) is 11.9 Å². The van der Waals surface area contributed by atoms with E-state index in [1.165, 1.54) is 12.2 Å². The summed E-state index contributed by atoms with van der Waals surface area (Å²) < 4.78 is 4.56. The lowest BCUT2D eigenvalue weighted by Crippen LogP contribution is -2.36. The Labute approximate surface area is 65.7 Å². The number of methoxy groups -OCH3 is 1. The molecule has 4 heteroatoms. The normalized spacial score (nSPS) is 26.5. The Hall–Kier alpha value is -0.610. The summed E-state index contributed by atoms with van der Waals surface area (Å²) >= 11 is 0. The van der Waals surface area contributed by atoms with Crippen molar-refractivity contribution in [2.75, 3.05) is 20.2 Å². The van der Waals surface area contributed by atoms with Crippen LogP contribution in [0.5, 0.6) is 0 Å². The summed E-state index contributed by atoms with van der Waals surface area (Å²) in [6.45, 7) is 1.07. The first-order valence-electron chi connectivity index (χ1n) is 3.75. The van der Waals surface area contributed by atoms with Gasteiger partial charge in [-0.1, -0.05) is 0 Å². The Morgan fingerprint density at radius 3 is 3.00 bits per heavy atom. The van der Waals surface area contributed by atoms with Gasteiger partial charge < -0.3 is 9.94 Å². The minimum absolute atomic E-state index is 0.140. The van der Waals surface area contributed by atoms with Gasteiger partial charge >= 0.3 is 5.97 Å². The topological polar surface area (TPSA) is 49.8 Å². The summed E-state index contributed by atoms with van der Waals surface area (Å²) in [4.78, 5) is 11.0. The molecule has 64 valence electrons. The second-order valence-electron chi connectivity index (χ2n) is 2.77. The zero-order valence-electron chi connectivity index (χ0n) is 6.62. The van der Waals surface area contributed by atoms with Crippen LogP contribution in [0.2, 0.25) is 0 Å². The molecule has 4 nitrogen and oxygen atoms in total. The molecule has 1 rings (SSSR count). The van der Waals surface area contributed by atoms with Gasteiger partial charge in [0, 0.05) is 13.1 Å². The zero-order chi connectivity index (χ0) is 8.27. The fraction of sp³-hybridized carbons (Fsp3) is 0.857. The first-order valence-corrected chi connectivity index (χ1v) is 3.75. The van der Waals surface area contributed by atoms with Crippen molar-refractivity contribution in [3.05, 3.63) is 0 Å². The summed E-state index contributed by atoms with van der Waals surface area (Å²) in [7, 11) is 1.37. The predicted molar refractivity (Wildman–Crippen MR) is 38.1 cm³/mol. The maximum atomic E-state index is 11.0. The summed E-state index contributed by atoms with van der Waals surface area (Å²) in [5, 5.41) is 10.2. The molecule has 1 atom stereocenters. The smallest absolute Gasteiger partial charge is 0.310 e. The van der Waals surface area contributed by atoms with Gasteiger partial charge in [0.05, 0.1) is 13.0 Å². The lowest BCUT2D eigenvalue weighted by molar-refractivity contribution is -0.159. The molecule has 0 bridgehead atoms. The van der Waals surface area contributed by atoms with Gasteiger partial charge in [-0.2, -0.15) is 5.06 Å². The van der Waals surface area contributed by atoms with Crippen molar-refractivity contribution in [1.29, 1.82) is 0 Å². The maximum Gasteiger partial charge on any atom is 0.310 e. The number of piperidine rings is 1. The van der Waals surface area contributed by atoms with Crippen LogP contribution in [0.15, 0.2) is 0 Å². The second-order valence-corrected chi connectivity index (χ2v) is 2.77. The Balaban J connectivity index is 2.39. The van der Waals surface area contributed by atoms with Gasteiger partial charge in [-0.3, -0.25) is 4.79 Å². The van der Waals surface area contributed by atoms with Crippen LogP contribution in [0.25, 0.3) is 0 Å². The molecule has 11 heavy (non-hydrogen) atoms. The first kappa shape index (κ1) is 8.49. The molecule has 0 radical (unpaired) electrons. The van der Waals surface area contributed by atoms with Gasteiger partial charge in [0.25, 0.3) is 0 Å². The minimum Gasteiger partial charge on any atom is -0.469 e. The van der Waals surface area contributed by atoms with E-state index >= 15 is 0 Å². The lowest BCUT2D eigenvalue weighted by Gasteiger charge is -2.25. The molecule has 1 heterocycles. The van der Waals surface area contributed by atoms with Crippen LogP contribution in [0.4, 0.5) is 0 Å². The third-order valence-electron chi connectivity index (χ3n) is 1.93. The maximum absolute atomic E-state index is 11.0. The third kappa shape index (κ3) is 2.17. The molecule has 0 spiro atoms. The van der Waals surface area contributed by atoms with Crippen molar-refractivity contribution in [1.82, 2.24) is 5.06 Å². The van der Waals surface area contributed by atoms with Crippen molar-refractivity contribution in [2.45, 2.75) is 12.8 Å². The number of nitrogens with zero attached hydrogens (tertiary/aromatic N) is 1. The number of carbonyl (C=O) groups is 1. The Kier molecular flexibility index (Phi) is 2.84. The molecule has 1 aliphatic rings. The molecule has 0 aromatic heterocycles. The van der Waals surface area contributed by atoms with Gasteiger partial charge in [0.2, 0.25) is 0 Å². The number of ether oxygens (including phenoxy) is 1. The SMILES string of the molecule is COC(=O)[C@@H]1CCCN(O)C1. The van der Waals surface area contributed by atoms with Gasteiger partial charge in [-0.05, 0) is 12.8 Å². The van der Waals surface area contributed by atoms with Crippen LogP contribution < -0.4 is 0 Å². The van der Waals surface area contributed by atoms with Gasteiger partial charge in [0.1, 0.15) is 0 Å². The van der Waals surface area contributed by atoms with E-state index in [0.29, 0.717) is 13.1 Å². The highest BCUT2D eigenvalue weighted by Crippen LogP contribution is 2.15. The van der Waals surface area contributed by atoms with Gasteiger partial charge in [-0.25, -0.2) is 0 Å². The average Bonchev–Trinajstić information content (AvgIpc) is 2.03. The number of rotatable bonds is 1. The number of carbonyl (C=O) groups excluding carboxylic acids is 1. The van der Waals surface area contributed by atoms with E-state index in [1.54, 1.807) is 0 Å². The molecular weight excluding hydrogens is 146 g/mol. The number of hydrogen-bond acceptors (Lipinski definition) is 4. The standard InChI is InChI=1S/C7H13NO3/c1-11-7(9)6-3-2-4-8(10)5-6/h6,10H,2-5H2,1H3/t6-/m1/s1.